The number of hydrogen-bond donors (Lipinski definition) is 2. The van der Waals surface area contributed by atoms with Crippen LogP contribution in [-0.2, 0) is 19.6 Å². The standard InChI is InChI=1S/C20H31N3O6S/c1-6-30(26,27)23-11-9-14(10-12-23)18(24)21-15-7-8-17(28-5)16(13-15)22-19(25)29-20(2,3)4/h7-8,13-14H,6,9-12H2,1-5H3,(H,21,24)(H,22,25). The van der Waals surface area contributed by atoms with Crippen LogP contribution in [0.15, 0.2) is 18.2 Å². The number of benzene rings is 1. The van der Waals surface area contributed by atoms with Crippen molar-refractivity contribution in [2.75, 3.05) is 36.6 Å². The van der Waals surface area contributed by atoms with Crippen LogP contribution >= 0.6 is 0 Å². The maximum absolute atomic E-state index is 12.6. The number of rotatable bonds is 6. The number of carbonyl (C=O) groups is 2. The molecule has 1 heterocycles. The van der Waals surface area contributed by atoms with E-state index in [1.807, 2.05) is 0 Å². The fourth-order valence-corrected chi connectivity index (χ4v) is 4.25. The lowest BCUT2D eigenvalue weighted by Gasteiger charge is -2.30. The first-order valence-corrected chi connectivity index (χ1v) is 11.5. The van der Waals surface area contributed by atoms with E-state index in [2.05, 4.69) is 10.6 Å². The van der Waals surface area contributed by atoms with Gasteiger partial charge in [-0.25, -0.2) is 17.5 Å². The number of carbonyl (C=O) groups excluding carboxylic acids is 2. The molecule has 0 aliphatic carbocycles. The number of amides is 2. The number of nitrogens with one attached hydrogen (secondary N) is 2. The Bertz CT molecular complexity index is 871. The van der Waals surface area contributed by atoms with E-state index in [0.29, 0.717) is 43.1 Å². The van der Waals surface area contributed by atoms with E-state index in [-0.39, 0.29) is 17.6 Å². The molecule has 0 radical (unpaired) electrons. The second-order valence-electron chi connectivity index (χ2n) is 8.11. The third kappa shape index (κ3) is 6.60. The Kier molecular flexibility index (Phi) is 7.70. The van der Waals surface area contributed by atoms with E-state index in [0.717, 1.165) is 0 Å². The highest BCUT2D eigenvalue weighted by Gasteiger charge is 2.30. The van der Waals surface area contributed by atoms with Crippen LogP contribution in [0.2, 0.25) is 0 Å². The predicted octanol–water partition coefficient (Wildman–Crippen LogP) is 3.04. The van der Waals surface area contributed by atoms with Crippen LogP contribution in [0.25, 0.3) is 0 Å². The molecule has 1 fully saturated rings. The molecule has 1 aliphatic rings. The molecule has 0 atom stereocenters. The second-order valence-corrected chi connectivity index (χ2v) is 10.4. The lowest BCUT2D eigenvalue weighted by Crippen LogP contribution is -2.42. The van der Waals surface area contributed by atoms with Gasteiger partial charge in [-0.3, -0.25) is 10.1 Å². The Hall–Kier alpha value is -2.33. The Morgan fingerprint density at radius 1 is 1.17 bits per heavy atom. The van der Waals surface area contributed by atoms with E-state index >= 15 is 0 Å². The van der Waals surface area contributed by atoms with Crippen molar-refractivity contribution in [3.63, 3.8) is 0 Å². The highest BCUT2D eigenvalue weighted by atomic mass is 32.2. The number of anilines is 2. The van der Waals surface area contributed by atoms with E-state index in [9.17, 15) is 18.0 Å². The monoisotopic (exact) mass is 441 g/mol. The summed E-state index contributed by atoms with van der Waals surface area (Å²) in [5, 5.41) is 5.47. The molecule has 1 aliphatic heterocycles. The molecule has 1 saturated heterocycles. The predicted molar refractivity (Wildman–Crippen MR) is 115 cm³/mol. The first kappa shape index (κ1) is 23.9. The normalized spacial score (nSPS) is 16.0. The minimum absolute atomic E-state index is 0.0587. The maximum atomic E-state index is 12.6. The van der Waals surface area contributed by atoms with Gasteiger partial charge >= 0.3 is 6.09 Å². The minimum atomic E-state index is -3.23. The summed E-state index contributed by atoms with van der Waals surface area (Å²) in [5.74, 6) is 0.0231. The molecule has 168 valence electrons. The summed E-state index contributed by atoms with van der Waals surface area (Å²) in [6.07, 6.45) is 0.294. The van der Waals surface area contributed by atoms with Crippen molar-refractivity contribution in [1.29, 1.82) is 0 Å². The number of nitrogens with zero attached hydrogens (tertiary/aromatic N) is 1. The molecule has 0 bridgehead atoms. The first-order valence-electron chi connectivity index (χ1n) is 9.92. The van der Waals surface area contributed by atoms with Gasteiger partial charge in [-0.15, -0.1) is 0 Å². The Balaban J connectivity index is 2.03. The van der Waals surface area contributed by atoms with E-state index in [1.54, 1.807) is 45.9 Å². The molecule has 10 heteroatoms. The molecule has 2 N–H and O–H groups in total. The fraction of sp³-hybridized carbons (Fsp3) is 0.600. The average molecular weight is 442 g/mol. The summed E-state index contributed by atoms with van der Waals surface area (Å²) in [6, 6.07) is 4.91. The van der Waals surface area contributed by atoms with Crippen molar-refractivity contribution in [1.82, 2.24) is 4.31 Å². The molecule has 0 unspecified atom stereocenters. The van der Waals surface area contributed by atoms with Gasteiger partial charge in [-0.2, -0.15) is 0 Å². The lowest BCUT2D eigenvalue weighted by atomic mass is 9.97. The zero-order valence-corrected chi connectivity index (χ0v) is 19.0. The zero-order chi connectivity index (χ0) is 22.5. The van der Waals surface area contributed by atoms with Crippen LogP contribution in [-0.4, -0.2) is 56.3 Å². The van der Waals surface area contributed by atoms with Crippen molar-refractivity contribution in [2.45, 2.75) is 46.1 Å². The van der Waals surface area contributed by atoms with E-state index < -0.39 is 21.7 Å². The van der Waals surface area contributed by atoms with Crippen molar-refractivity contribution < 1.29 is 27.5 Å². The summed E-state index contributed by atoms with van der Waals surface area (Å²) >= 11 is 0. The highest BCUT2D eigenvalue weighted by molar-refractivity contribution is 7.89. The van der Waals surface area contributed by atoms with Crippen molar-refractivity contribution in [3.8, 4) is 5.75 Å². The molecule has 2 rings (SSSR count). The number of methoxy groups -OCH3 is 1. The third-order valence-corrected chi connectivity index (χ3v) is 6.57. The van der Waals surface area contributed by atoms with E-state index in [4.69, 9.17) is 9.47 Å². The Morgan fingerprint density at radius 2 is 1.80 bits per heavy atom. The quantitative estimate of drug-likeness (QED) is 0.701. The number of piperidine rings is 1. The fourth-order valence-electron chi connectivity index (χ4n) is 3.12. The third-order valence-electron chi connectivity index (χ3n) is 4.69. The molecule has 0 spiro atoms. The van der Waals surface area contributed by atoms with Gasteiger partial charge in [0.05, 0.1) is 18.6 Å². The first-order chi connectivity index (χ1) is 13.9. The van der Waals surface area contributed by atoms with Gasteiger partial charge in [0.2, 0.25) is 15.9 Å². The van der Waals surface area contributed by atoms with Crippen LogP contribution < -0.4 is 15.4 Å². The molecular weight excluding hydrogens is 410 g/mol. The Morgan fingerprint density at radius 3 is 2.33 bits per heavy atom. The van der Waals surface area contributed by atoms with E-state index in [1.165, 1.54) is 11.4 Å². The minimum Gasteiger partial charge on any atom is -0.495 e. The largest absolute Gasteiger partial charge is 0.495 e. The van der Waals surface area contributed by atoms with Gasteiger partial charge in [0.1, 0.15) is 11.4 Å². The van der Waals surface area contributed by atoms with Gasteiger partial charge in [-0.05, 0) is 58.7 Å². The van der Waals surface area contributed by atoms with Gasteiger partial charge in [-0.1, -0.05) is 0 Å². The smallest absolute Gasteiger partial charge is 0.412 e. The molecule has 2 amide bonds. The maximum Gasteiger partial charge on any atom is 0.412 e. The van der Waals surface area contributed by atoms with Gasteiger partial charge in [0.25, 0.3) is 0 Å². The molecule has 9 nitrogen and oxygen atoms in total. The van der Waals surface area contributed by atoms with Gasteiger partial charge < -0.3 is 14.8 Å². The SMILES string of the molecule is CCS(=O)(=O)N1CCC(C(=O)Nc2ccc(OC)c(NC(=O)OC(C)(C)C)c2)CC1. The van der Waals surface area contributed by atoms with Crippen molar-refractivity contribution in [3.05, 3.63) is 18.2 Å². The van der Waals surface area contributed by atoms with Crippen LogP contribution in [0.1, 0.15) is 40.5 Å². The number of ether oxygens (including phenoxy) is 2. The van der Waals surface area contributed by atoms with Gasteiger partial charge in [0, 0.05) is 24.7 Å². The molecule has 0 aromatic heterocycles. The summed E-state index contributed by atoms with van der Waals surface area (Å²) in [6.45, 7) is 7.57. The molecule has 1 aromatic carbocycles. The Labute approximate surface area is 178 Å². The summed E-state index contributed by atoms with van der Waals surface area (Å²) in [4.78, 5) is 24.7. The van der Waals surface area contributed by atoms with Crippen LogP contribution in [0.3, 0.4) is 0 Å². The average Bonchev–Trinajstić information content (AvgIpc) is 2.66. The highest BCUT2D eigenvalue weighted by Crippen LogP contribution is 2.29. The number of hydrogen-bond acceptors (Lipinski definition) is 6. The zero-order valence-electron chi connectivity index (χ0n) is 18.1. The van der Waals surface area contributed by atoms with Crippen LogP contribution in [0.4, 0.5) is 16.2 Å². The topological polar surface area (TPSA) is 114 Å². The second kappa shape index (κ2) is 9.65. The van der Waals surface area contributed by atoms with Gasteiger partial charge in [0.15, 0.2) is 0 Å². The van der Waals surface area contributed by atoms with Crippen LogP contribution in [0, 0.1) is 5.92 Å². The van der Waals surface area contributed by atoms with Crippen molar-refractivity contribution >= 4 is 33.4 Å². The molecule has 0 saturated carbocycles. The summed E-state index contributed by atoms with van der Waals surface area (Å²) in [5.41, 5.74) is 0.215. The van der Waals surface area contributed by atoms with Crippen molar-refractivity contribution in [2.24, 2.45) is 5.92 Å². The molecule has 1 aromatic rings. The summed E-state index contributed by atoms with van der Waals surface area (Å²) in [7, 11) is -1.75. The van der Waals surface area contributed by atoms with Crippen LogP contribution in [0.5, 0.6) is 5.75 Å². The lowest BCUT2D eigenvalue weighted by molar-refractivity contribution is -0.120. The molecule has 30 heavy (non-hydrogen) atoms. The summed E-state index contributed by atoms with van der Waals surface area (Å²) < 4.78 is 35.9. The molecular formula is C20H31N3O6S. The number of sulfonamides is 1.